The van der Waals surface area contributed by atoms with Crippen molar-refractivity contribution in [1.82, 2.24) is 0 Å². The van der Waals surface area contributed by atoms with Gasteiger partial charge in [0.05, 0.1) is 50.2 Å². The largest absolute Gasteiger partial charge is 0.507 e. The van der Waals surface area contributed by atoms with Gasteiger partial charge >= 0.3 is 0 Å². The van der Waals surface area contributed by atoms with Gasteiger partial charge in [0.1, 0.15) is 22.1 Å². The van der Waals surface area contributed by atoms with Crippen molar-refractivity contribution in [2.24, 2.45) is 30.7 Å². The Morgan fingerprint density at radius 1 is 0.411 bits per heavy atom. The molecule has 73 heavy (non-hydrogen) atoms. The molecule has 0 amide bonds. The van der Waals surface area contributed by atoms with Crippen LogP contribution < -0.4 is 10.1 Å². The van der Waals surface area contributed by atoms with Gasteiger partial charge in [0.25, 0.3) is 40.5 Å². The molecule has 0 fully saturated rings. The number of hydrogen-bond acceptors (Lipinski definition) is 18. The van der Waals surface area contributed by atoms with Gasteiger partial charge in [-0.15, -0.1) is 25.6 Å². The summed E-state index contributed by atoms with van der Waals surface area (Å²) < 4.78 is 143. The van der Waals surface area contributed by atoms with Crippen molar-refractivity contribution in [1.29, 1.82) is 0 Å². The van der Waals surface area contributed by atoms with Gasteiger partial charge in [0, 0.05) is 49.8 Å². The lowest BCUT2D eigenvalue weighted by Crippen LogP contribution is -1.99. The summed E-state index contributed by atoms with van der Waals surface area (Å²) in [5, 5.41) is 51.5. The molecule has 22 nitrogen and oxygen atoms in total. The predicted octanol–water partition coefficient (Wildman–Crippen LogP) is 11.7. The maximum atomic E-state index is 12.8. The molecule has 0 saturated carbocycles. The quantitative estimate of drug-likeness (QED) is 0.0416. The number of methoxy groups -OCH3 is 1. The highest BCUT2D eigenvalue weighted by Gasteiger charge is 2.23. The van der Waals surface area contributed by atoms with E-state index in [1.165, 1.54) is 73.8 Å². The Hall–Kier alpha value is -8.34. The minimum absolute atomic E-state index is 0.0259. The predicted molar refractivity (Wildman–Crippen MR) is 267 cm³/mol. The number of fused-ring (bicyclic) bond motifs is 4. The van der Waals surface area contributed by atoms with E-state index in [1.54, 1.807) is 30.3 Å². The van der Waals surface area contributed by atoms with E-state index < -0.39 is 77.2 Å². The highest BCUT2D eigenvalue weighted by atomic mass is 32.2. The molecule has 0 aliphatic rings. The molecule has 0 aliphatic carbocycles. The lowest BCUT2D eigenvalue weighted by Gasteiger charge is -2.12. The summed E-state index contributed by atoms with van der Waals surface area (Å²) in [6, 6.07) is 31.3. The highest BCUT2D eigenvalue weighted by molar-refractivity contribution is 7.86. The fraction of sp³-hybridized carbons (Fsp3) is 0.0213. The number of anilines is 2. The van der Waals surface area contributed by atoms with Crippen LogP contribution in [0, 0.1) is 0 Å². The summed E-state index contributed by atoms with van der Waals surface area (Å²) in [5.41, 5.74) is 0.754. The number of benzene rings is 9. The van der Waals surface area contributed by atoms with Gasteiger partial charge in [-0.2, -0.15) is 38.8 Å². The van der Waals surface area contributed by atoms with E-state index in [0.717, 1.165) is 42.5 Å². The van der Waals surface area contributed by atoms with E-state index in [4.69, 9.17) is 4.74 Å². The summed E-state index contributed by atoms with van der Waals surface area (Å²) in [6.07, 6.45) is 0. The van der Waals surface area contributed by atoms with Gasteiger partial charge < -0.3 is 20.3 Å². The van der Waals surface area contributed by atoms with Gasteiger partial charge in [-0.25, -0.2) is 0 Å². The van der Waals surface area contributed by atoms with Crippen molar-refractivity contribution < 1.29 is 66.8 Å². The van der Waals surface area contributed by atoms with Crippen LogP contribution in [0.3, 0.4) is 0 Å². The second kappa shape index (κ2) is 18.7. The first-order valence-electron chi connectivity index (χ1n) is 20.7. The number of rotatable bonds is 13. The van der Waals surface area contributed by atoms with Crippen molar-refractivity contribution in [3.8, 4) is 17.2 Å². The summed E-state index contributed by atoms with van der Waals surface area (Å²) in [4.78, 5) is -2.48. The molecule has 370 valence electrons. The Balaban J connectivity index is 1.10. The van der Waals surface area contributed by atoms with Crippen LogP contribution in [-0.2, 0) is 40.5 Å². The van der Waals surface area contributed by atoms with Gasteiger partial charge in [-0.3, -0.25) is 18.2 Å². The molecule has 0 spiro atoms. The zero-order chi connectivity index (χ0) is 52.2. The minimum atomic E-state index is -5.08. The topological polar surface area (TPSA) is 353 Å². The Morgan fingerprint density at radius 2 is 0.890 bits per heavy atom. The van der Waals surface area contributed by atoms with Gasteiger partial charge in [0.2, 0.25) is 0 Å². The molecule has 9 aromatic rings. The van der Waals surface area contributed by atoms with Crippen LogP contribution in [0.2, 0.25) is 0 Å². The van der Waals surface area contributed by atoms with Crippen molar-refractivity contribution in [3.05, 3.63) is 140 Å². The van der Waals surface area contributed by atoms with Crippen molar-refractivity contribution in [2.75, 3.05) is 12.4 Å². The number of nitrogens with one attached hydrogen (secondary N) is 1. The average molecular weight is 1060 g/mol. The van der Waals surface area contributed by atoms with Crippen LogP contribution in [0.5, 0.6) is 17.2 Å². The Bertz CT molecular complexity index is 4370. The summed E-state index contributed by atoms with van der Waals surface area (Å²) >= 11 is 0. The van der Waals surface area contributed by atoms with Crippen molar-refractivity contribution in [3.63, 3.8) is 0 Å². The van der Waals surface area contributed by atoms with E-state index in [9.17, 15) is 62.1 Å². The molecule has 0 heterocycles. The van der Waals surface area contributed by atoms with Gasteiger partial charge in [0.15, 0.2) is 5.75 Å². The SMILES string of the molecule is COc1ccc(Nc2ccc3c(O)c(N=Nc4ccc(N=Nc5ccc(N=Nc6ccc7c(O)cc(S(=O)(=O)O)cc7c6)c6ccc(S(=O)(=O)O)cc56)c5ccc(S(=O)(=O)O)cc45)c(S(=O)(=O)O)cc3c2)cc1. The number of aromatic hydroxyl groups is 2. The highest BCUT2D eigenvalue weighted by Crippen LogP contribution is 2.44. The zero-order valence-corrected chi connectivity index (χ0v) is 40.2. The summed E-state index contributed by atoms with van der Waals surface area (Å²) in [5.74, 6) is -0.475. The lowest BCUT2D eigenvalue weighted by atomic mass is 10.1. The third-order valence-electron chi connectivity index (χ3n) is 11.2. The second-order valence-electron chi connectivity index (χ2n) is 15.8. The fourth-order valence-electron chi connectivity index (χ4n) is 7.67. The maximum Gasteiger partial charge on any atom is 0.296 e. The van der Waals surface area contributed by atoms with Crippen LogP contribution >= 0.6 is 0 Å². The molecular weight excluding hydrogens is 1030 g/mol. The third-order valence-corrected chi connectivity index (χ3v) is 14.6. The van der Waals surface area contributed by atoms with E-state index in [2.05, 4.69) is 36.0 Å². The van der Waals surface area contributed by atoms with E-state index in [1.807, 2.05) is 0 Å². The van der Waals surface area contributed by atoms with E-state index in [-0.39, 0.29) is 71.5 Å². The molecule has 0 aromatic heterocycles. The number of azo groups is 3. The first kappa shape index (κ1) is 49.6. The molecule has 0 bridgehead atoms. The monoisotopic (exact) mass is 1060 g/mol. The Labute approximate surface area is 413 Å². The van der Waals surface area contributed by atoms with Crippen LogP contribution in [-0.4, -0.2) is 69.2 Å². The molecular formula is C47H33N7O15S4. The standard InChI is InChI=1S/C47H33N7O15S4/c1-69-30-6-2-27(3-7-30)48-28-4-11-35-26(18-28)21-45(73(66,67)68)46(47(35)56)54-53-43-17-15-41(37-13-9-32(23-39(37)43)71(60,61)62)51-52-42-16-14-40(36-12-8-31(22-38(36)42)70(57,58)59)50-49-29-5-10-34-25(19-29)20-33(24-44(34)55)72(63,64)65/h2-24,48,55-56H,1H3,(H,57,58,59)(H,60,61,62)(H,63,64,65)(H,66,67,68). The summed E-state index contributed by atoms with van der Waals surface area (Å²) in [6.45, 7) is 0. The molecule has 0 atom stereocenters. The minimum Gasteiger partial charge on any atom is -0.507 e. The molecule has 9 aromatic carbocycles. The van der Waals surface area contributed by atoms with Gasteiger partial charge in [-0.05, 0) is 132 Å². The Kier molecular flexibility index (Phi) is 12.7. The zero-order valence-electron chi connectivity index (χ0n) is 37.0. The number of ether oxygens (including phenoxy) is 1. The smallest absolute Gasteiger partial charge is 0.296 e. The number of phenols is 2. The number of nitrogens with zero attached hydrogens (tertiary/aromatic N) is 6. The molecule has 9 rings (SSSR count). The van der Waals surface area contributed by atoms with Crippen LogP contribution in [0.4, 0.5) is 45.5 Å². The molecule has 7 N–H and O–H groups in total. The van der Waals surface area contributed by atoms with Crippen LogP contribution in [0.15, 0.2) is 190 Å². The average Bonchev–Trinajstić information content (AvgIpc) is 3.33. The van der Waals surface area contributed by atoms with E-state index in [0.29, 0.717) is 17.1 Å². The van der Waals surface area contributed by atoms with Crippen LogP contribution in [0.25, 0.3) is 43.1 Å². The lowest BCUT2D eigenvalue weighted by molar-refractivity contribution is 0.415. The van der Waals surface area contributed by atoms with Crippen molar-refractivity contribution in [2.45, 2.75) is 19.6 Å². The molecule has 0 radical (unpaired) electrons. The summed E-state index contributed by atoms with van der Waals surface area (Å²) in [7, 11) is -17.8. The normalized spacial score (nSPS) is 12.8. The molecule has 0 unspecified atom stereocenters. The first-order valence-corrected chi connectivity index (χ1v) is 26.5. The Morgan fingerprint density at radius 3 is 1.42 bits per heavy atom. The van der Waals surface area contributed by atoms with Gasteiger partial charge in [-0.1, -0.05) is 12.1 Å². The first-order chi connectivity index (χ1) is 34.4. The molecule has 0 saturated heterocycles. The maximum absolute atomic E-state index is 12.8. The fourth-order valence-corrected chi connectivity index (χ4v) is 9.88. The number of phenolic OH excluding ortho intramolecular Hbond substituents is 2. The van der Waals surface area contributed by atoms with E-state index >= 15 is 0 Å². The molecule has 0 aliphatic heterocycles. The molecule has 26 heteroatoms. The van der Waals surface area contributed by atoms with Crippen molar-refractivity contribution >= 4 is 129 Å². The number of hydrogen-bond donors (Lipinski definition) is 7. The van der Waals surface area contributed by atoms with Crippen LogP contribution in [0.1, 0.15) is 0 Å². The second-order valence-corrected chi connectivity index (χ2v) is 21.5. The third kappa shape index (κ3) is 10.4.